The van der Waals surface area contributed by atoms with E-state index in [2.05, 4.69) is 15.4 Å². The number of halogens is 1. The van der Waals surface area contributed by atoms with Crippen LogP contribution in [0.3, 0.4) is 0 Å². The molecule has 0 amide bonds. The molecule has 9 heteroatoms. The molecule has 0 atom stereocenters. The summed E-state index contributed by atoms with van der Waals surface area (Å²) in [6.07, 6.45) is 4.31. The molecular weight excluding hydrogens is 326 g/mol. The Balaban J connectivity index is 1.84. The van der Waals surface area contributed by atoms with Crippen molar-refractivity contribution in [3.63, 3.8) is 0 Å². The molecule has 0 aliphatic rings. The van der Waals surface area contributed by atoms with Gasteiger partial charge < -0.3 is 5.32 Å². The van der Waals surface area contributed by atoms with Crippen LogP contribution in [0.1, 0.15) is 4.88 Å². The van der Waals surface area contributed by atoms with E-state index in [0.717, 1.165) is 16.3 Å². The number of nitrogens with zero attached hydrogens (tertiary/aromatic N) is 4. The van der Waals surface area contributed by atoms with E-state index >= 15 is 0 Å². The fourth-order valence-corrected chi connectivity index (χ4v) is 2.83. The predicted octanol–water partition coefficient (Wildman–Crippen LogP) is 3.50. The maximum absolute atomic E-state index is 10.8. The summed E-state index contributed by atoms with van der Waals surface area (Å²) in [4.78, 5) is 15.3. The lowest BCUT2D eigenvalue weighted by Crippen LogP contribution is -2.03. The Bertz CT molecular complexity index is 816. The van der Waals surface area contributed by atoms with Gasteiger partial charge in [0.2, 0.25) is 0 Å². The highest BCUT2D eigenvalue weighted by Crippen LogP contribution is 2.24. The van der Waals surface area contributed by atoms with Gasteiger partial charge in [-0.3, -0.25) is 10.1 Å². The maximum Gasteiger partial charge on any atom is 0.307 e. The van der Waals surface area contributed by atoms with Gasteiger partial charge >= 0.3 is 5.69 Å². The number of thiazole rings is 1. The summed E-state index contributed by atoms with van der Waals surface area (Å²) < 4.78 is 1.97. The van der Waals surface area contributed by atoms with E-state index in [0.29, 0.717) is 11.0 Å². The molecule has 0 saturated heterocycles. The van der Waals surface area contributed by atoms with Crippen molar-refractivity contribution in [1.82, 2.24) is 14.8 Å². The highest BCUT2D eigenvalue weighted by atomic mass is 35.5. The van der Waals surface area contributed by atoms with Crippen LogP contribution in [0.4, 0.5) is 11.4 Å². The molecule has 2 aromatic heterocycles. The van der Waals surface area contributed by atoms with Crippen LogP contribution in [0.25, 0.3) is 5.69 Å². The molecule has 2 heterocycles. The smallest absolute Gasteiger partial charge is 0.307 e. The third kappa shape index (κ3) is 3.07. The van der Waals surface area contributed by atoms with E-state index in [1.165, 1.54) is 28.4 Å². The van der Waals surface area contributed by atoms with Crippen LogP contribution in [-0.4, -0.2) is 19.7 Å². The molecule has 0 radical (unpaired) electrons. The molecule has 0 fully saturated rings. The van der Waals surface area contributed by atoms with E-state index < -0.39 is 4.92 Å². The van der Waals surface area contributed by atoms with Crippen molar-refractivity contribution >= 4 is 34.3 Å². The Labute approximate surface area is 134 Å². The molecule has 7 nitrogen and oxygen atoms in total. The fourth-order valence-electron chi connectivity index (χ4n) is 1.91. The number of nitrogens with one attached hydrogen (secondary N) is 1. The summed E-state index contributed by atoms with van der Waals surface area (Å²) >= 11 is 7.20. The van der Waals surface area contributed by atoms with Crippen LogP contribution < -0.4 is 5.32 Å². The summed E-state index contributed by atoms with van der Waals surface area (Å²) in [5.41, 5.74) is 1.49. The highest BCUT2D eigenvalue weighted by molar-refractivity contribution is 7.15. The molecule has 112 valence electrons. The number of nitro groups is 1. The zero-order valence-corrected chi connectivity index (χ0v) is 12.7. The van der Waals surface area contributed by atoms with Gasteiger partial charge in [0.1, 0.15) is 12.4 Å². The first-order valence-corrected chi connectivity index (χ1v) is 7.45. The van der Waals surface area contributed by atoms with Crippen molar-refractivity contribution in [1.29, 1.82) is 0 Å². The van der Waals surface area contributed by atoms with Gasteiger partial charge in [-0.2, -0.15) is 5.10 Å². The van der Waals surface area contributed by atoms with Crippen molar-refractivity contribution in [3.05, 3.63) is 62.3 Å². The van der Waals surface area contributed by atoms with Gasteiger partial charge in [-0.05, 0) is 12.1 Å². The van der Waals surface area contributed by atoms with E-state index in [4.69, 9.17) is 11.6 Å². The molecule has 0 aliphatic carbocycles. The summed E-state index contributed by atoms with van der Waals surface area (Å²) in [6.45, 7) is 0.560. The van der Waals surface area contributed by atoms with Gasteiger partial charge in [-0.25, -0.2) is 9.67 Å². The topological polar surface area (TPSA) is 85.9 Å². The van der Waals surface area contributed by atoms with Gasteiger partial charge in [-0.15, -0.1) is 11.3 Å². The summed E-state index contributed by atoms with van der Waals surface area (Å²) in [5, 5.41) is 18.1. The van der Waals surface area contributed by atoms with Crippen molar-refractivity contribution in [3.8, 4) is 5.69 Å². The summed E-state index contributed by atoms with van der Waals surface area (Å²) in [6, 6.07) is 7.44. The Hall–Kier alpha value is -2.45. The average Bonchev–Trinajstić information content (AvgIpc) is 3.14. The van der Waals surface area contributed by atoms with Crippen LogP contribution in [0.15, 0.2) is 42.9 Å². The molecule has 1 aromatic carbocycles. The molecule has 1 N–H and O–H groups in total. The average molecular weight is 336 g/mol. The number of benzene rings is 1. The van der Waals surface area contributed by atoms with Crippen LogP contribution in [0.2, 0.25) is 4.47 Å². The molecule has 0 bridgehead atoms. The lowest BCUT2D eigenvalue weighted by molar-refractivity contribution is -0.384. The number of para-hydroxylation sites is 2. The van der Waals surface area contributed by atoms with Gasteiger partial charge in [0, 0.05) is 11.1 Å². The Morgan fingerprint density at radius 2 is 2.18 bits per heavy atom. The second-order valence-corrected chi connectivity index (χ2v) is 6.05. The van der Waals surface area contributed by atoms with E-state index in [-0.39, 0.29) is 5.69 Å². The van der Waals surface area contributed by atoms with Gasteiger partial charge in [0.05, 0.1) is 22.8 Å². The number of hydrogen-bond donors (Lipinski definition) is 1. The van der Waals surface area contributed by atoms with E-state index in [1.54, 1.807) is 6.20 Å². The molecular formula is C13H10ClN5O2S. The van der Waals surface area contributed by atoms with Crippen LogP contribution in [0, 0.1) is 10.1 Å². The molecule has 0 spiro atoms. The molecule has 3 aromatic rings. The van der Waals surface area contributed by atoms with Crippen molar-refractivity contribution in [2.24, 2.45) is 0 Å². The third-order valence-corrected chi connectivity index (χ3v) is 4.02. The Morgan fingerprint density at radius 1 is 1.36 bits per heavy atom. The number of anilines is 1. The lowest BCUT2D eigenvalue weighted by Gasteiger charge is -2.10. The largest absolute Gasteiger partial charge is 0.378 e. The molecule has 0 unspecified atom stereocenters. The van der Waals surface area contributed by atoms with Crippen LogP contribution in [-0.2, 0) is 6.54 Å². The normalized spacial score (nSPS) is 10.6. The molecule has 3 rings (SSSR count). The lowest BCUT2D eigenvalue weighted by atomic mass is 10.2. The van der Waals surface area contributed by atoms with Gasteiger partial charge in [0.25, 0.3) is 0 Å². The number of hydrogen-bond acceptors (Lipinski definition) is 6. The first-order chi connectivity index (χ1) is 10.6. The van der Waals surface area contributed by atoms with E-state index in [9.17, 15) is 10.1 Å². The number of aromatic nitrogens is 3. The predicted molar refractivity (Wildman–Crippen MR) is 84.7 cm³/mol. The Morgan fingerprint density at radius 3 is 2.86 bits per heavy atom. The van der Waals surface area contributed by atoms with Crippen LogP contribution in [0.5, 0.6) is 0 Å². The second kappa shape index (κ2) is 6.12. The fraction of sp³-hybridized carbons (Fsp3) is 0.0769. The van der Waals surface area contributed by atoms with Crippen molar-refractivity contribution in [2.75, 3.05) is 5.32 Å². The first kappa shape index (κ1) is 14.5. The first-order valence-electron chi connectivity index (χ1n) is 6.26. The monoisotopic (exact) mass is 335 g/mol. The SMILES string of the molecule is O=[N+]([O-])c1cnn(-c2ccccc2NCc2cnc(Cl)s2)c1. The zero-order valence-electron chi connectivity index (χ0n) is 11.1. The minimum Gasteiger partial charge on any atom is -0.378 e. The summed E-state index contributed by atoms with van der Waals surface area (Å²) in [5.74, 6) is 0. The highest BCUT2D eigenvalue weighted by Gasteiger charge is 2.12. The molecule has 0 aliphatic heterocycles. The van der Waals surface area contributed by atoms with Crippen molar-refractivity contribution < 1.29 is 4.92 Å². The van der Waals surface area contributed by atoms with Crippen LogP contribution >= 0.6 is 22.9 Å². The molecule has 0 saturated carbocycles. The summed E-state index contributed by atoms with van der Waals surface area (Å²) in [7, 11) is 0. The standard InChI is InChI=1S/C13H10ClN5O2S/c14-13-16-7-10(22-13)6-15-11-3-1-2-4-12(11)18-8-9(5-17-18)19(20)21/h1-5,7-8,15H,6H2. The zero-order chi connectivity index (χ0) is 15.5. The third-order valence-electron chi connectivity index (χ3n) is 2.91. The molecule has 22 heavy (non-hydrogen) atoms. The van der Waals surface area contributed by atoms with E-state index in [1.807, 2.05) is 24.3 Å². The van der Waals surface area contributed by atoms with Crippen molar-refractivity contribution in [2.45, 2.75) is 6.54 Å². The van der Waals surface area contributed by atoms with Gasteiger partial charge in [-0.1, -0.05) is 23.7 Å². The Kier molecular flexibility index (Phi) is 4.03. The second-order valence-electron chi connectivity index (χ2n) is 4.35. The quantitative estimate of drug-likeness (QED) is 0.569. The minimum atomic E-state index is -0.473. The maximum atomic E-state index is 10.8. The number of rotatable bonds is 5. The minimum absolute atomic E-state index is 0.0518. The van der Waals surface area contributed by atoms with Gasteiger partial charge in [0.15, 0.2) is 4.47 Å².